The second-order valence-electron chi connectivity index (χ2n) is 8.28. The van der Waals surface area contributed by atoms with Crippen molar-refractivity contribution in [1.82, 2.24) is 5.01 Å². The minimum atomic E-state index is -4.43. The van der Waals surface area contributed by atoms with Gasteiger partial charge in [0.25, 0.3) is 0 Å². The van der Waals surface area contributed by atoms with Crippen LogP contribution in [-0.2, 0) is 16.4 Å². The van der Waals surface area contributed by atoms with Crippen molar-refractivity contribution in [1.29, 1.82) is 0 Å². The monoisotopic (exact) mass is 517 g/mol. The van der Waals surface area contributed by atoms with Crippen LogP contribution < -0.4 is 5.32 Å². The summed E-state index contributed by atoms with van der Waals surface area (Å²) in [6, 6.07) is 21.9. The van der Waals surface area contributed by atoms with Crippen molar-refractivity contribution < 1.29 is 18.0 Å². The molecule has 1 unspecified atom stereocenters. The lowest BCUT2D eigenvalue weighted by molar-refractivity contribution is -0.137. The molecule has 0 spiro atoms. The summed E-state index contributed by atoms with van der Waals surface area (Å²) < 4.78 is 38.4. The van der Waals surface area contributed by atoms with Crippen LogP contribution in [0.4, 0.5) is 18.9 Å². The number of carbonyl (C=O) groups is 1. The highest BCUT2D eigenvalue weighted by atomic mass is 35.5. The van der Waals surface area contributed by atoms with Crippen molar-refractivity contribution in [3.05, 3.63) is 101 Å². The van der Waals surface area contributed by atoms with Gasteiger partial charge >= 0.3 is 6.18 Å². The summed E-state index contributed by atoms with van der Waals surface area (Å²) in [5.41, 5.74) is 1.92. The number of halogens is 4. The fourth-order valence-electron chi connectivity index (χ4n) is 4.23. The Labute approximate surface area is 211 Å². The Hall–Kier alpha value is -2.97. The molecule has 1 aliphatic rings. The van der Waals surface area contributed by atoms with Gasteiger partial charge in [0.05, 0.1) is 23.2 Å². The summed E-state index contributed by atoms with van der Waals surface area (Å²) in [4.78, 5) is 12.8. The van der Waals surface area contributed by atoms with Gasteiger partial charge in [-0.15, -0.1) is 0 Å². The maximum atomic E-state index is 12.8. The number of hydrogen-bond acceptors (Lipinski definition) is 4. The van der Waals surface area contributed by atoms with Gasteiger partial charge in [-0.05, 0) is 53.8 Å². The fourth-order valence-corrected chi connectivity index (χ4v) is 5.24. The number of hydrazone groups is 1. The first-order valence-electron chi connectivity index (χ1n) is 10.8. The molecule has 0 fully saturated rings. The Bertz CT molecular complexity index is 1200. The SMILES string of the molecule is CSCC1(c2ccccc2)CN(CC(=O)Nc2ccc(C(F)(F)F)cc2)N=C1c1ccc(Cl)cc1. The molecule has 0 radical (unpaired) electrons. The third kappa shape index (κ3) is 5.65. The molecule has 1 heterocycles. The third-order valence-corrected chi connectivity index (χ3v) is 6.84. The summed E-state index contributed by atoms with van der Waals surface area (Å²) >= 11 is 7.80. The standard InChI is InChI=1S/C26H23ClF3N3OS/c1-35-17-25(19-5-3-2-4-6-19)16-33(32-24(25)18-7-11-21(27)12-8-18)15-23(34)31-22-13-9-20(10-14-22)26(28,29)30/h2-14H,15-17H2,1H3,(H,31,34). The first kappa shape index (κ1) is 25.1. The summed E-state index contributed by atoms with van der Waals surface area (Å²) in [7, 11) is 0. The van der Waals surface area contributed by atoms with E-state index in [9.17, 15) is 18.0 Å². The first-order chi connectivity index (χ1) is 16.7. The molecule has 35 heavy (non-hydrogen) atoms. The van der Waals surface area contributed by atoms with Crippen molar-refractivity contribution >= 4 is 40.7 Å². The number of alkyl halides is 3. The van der Waals surface area contributed by atoms with Gasteiger partial charge in [-0.2, -0.15) is 30.0 Å². The van der Waals surface area contributed by atoms with Gasteiger partial charge in [0, 0.05) is 16.5 Å². The van der Waals surface area contributed by atoms with E-state index in [4.69, 9.17) is 16.7 Å². The summed E-state index contributed by atoms with van der Waals surface area (Å²) in [5, 5.41) is 9.85. The molecule has 1 N–H and O–H groups in total. The summed E-state index contributed by atoms with van der Waals surface area (Å²) in [6.45, 7) is 0.442. The average molecular weight is 518 g/mol. The van der Waals surface area contributed by atoms with E-state index in [1.807, 2.05) is 48.7 Å². The van der Waals surface area contributed by atoms with Crippen LogP contribution in [0.2, 0.25) is 5.02 Å². The van der Waals surface area contributed by atoms with Crippen molar-refractivity contribution in [3.8, 4) is 0 Å². The predicted octanol–water partition coefficient (Wildman–Crippen LogP) is 6.32. The molecular weight excluding hydrogens is 495 g/mol. The minimum absolute atomic E-state index is 0.0406. The topological polar surface area (TPSA) is 44.7 Å². The number of nitrogens with one attached hydrogen (secondary N) is 1. The maximum Gasteiger partial charge on any atom is 0.416 e. The van der Waals surface area contributed by atoms with Crippen LogP contribution in [0.25, 0.3) is 0 Å². The molecule has 1 aliphatic heterocycles. The Morgan fingerprint density at radius 1 is 1.06 bits per heavy atom. The summed E-state index contributed by atoms with van der Waals surface area (Å²) in [6.07, 6.45) is -2.40. The zero-order chi connectivity index (χ0) is 25.1. The van der Waals surface area contributed by atoms with E-state index in [2.05, 4.69) is 17.4 Å². The molecule has 4 nitrogen and oxygen atoms in total. The zero-order valence-corrected chi connectivity index (χ0v) is 20.4. The lowest BCUT2D eigenvalue weighted by Gasteiger charge is -2.31. The van der Waals surface area contributed by atoms with Crippen LogP contribution in [0.5, 0.6) is 0 Å². The third-order valence-electron chi connectivity index (χ3n) is 5.80. The summed E-state index contributed by atoms with van der Waals surface area (Å²) in [5.74, 6) is 0.382. The van der Waals surface area contributed by atoms with Crippen LogP contribution >= 0.6 is 23.4 Å². The quantitative estimate of drug-likeness (QED) is 0.399. The van der Waals surface area contributed by atoms with Crippen LogP contribution in [0.3, 0.4) is 0 Å². The van der Waals surface area contributed by atoms with Crippen LogP contribution in [0, 0.1) is 0 Å². The molecule has 0 saturated carbocycles. The number of amides is 1. The van der Waals surface area contributed by atoms with Gasteiger partial charge in [-0.3, -0.25) is 9.80 Å². The average Bonchev–Trinajstić information content (AvgIpc) is 3.19. The van der Waals surface area contributed by atoms with Crippen LogP contribution in [0.1, 0.15) is 16.7 Å². The highest BCUT2D eigenvalue weighted by Crippen LogP contribution is 2.38. The number of anilines is 1. The van der Waals surface area contributed by atoms with Crippen molar-refractivity contribution in [3.63, 3.8) is 0 Å². The molecule has 3 aromatic rings. The lowest BCUT2D eigenvalue weighted by Crippen LogP contribution is -2.42. The van der Waals surface area contributed by atoms with Crippen molar-refractivity contribution in [2.75, 3.05) is 30.4 Å². The smallest absolute Gasteiger partial charge is 0.324 e. The molecule has 0 saturated heterocycles. The minimum Gasteiger partial charge on any atom is -0.324 e. The number of nitrogens with zero attached hydrogens (tertiary/aromatic N) is 2. The number of carbonyl (C=O) groups excluding carboxylic acids is 1. The molecule has 0 bridgehead atoms. The first-order valence-corrected chi connectivity index (χ1v) is 12.6. The molecular formula is C26H23ClF3N3OS. The molecule has 3 aromatic carbocycles. The normalized spacial score (nSPS) is 17.9. The fraction of sp³-hybridized carbons (Fsp3) is 0.231. The van der Waals surface area contributed by atoms with Crippen LogP contribution in [0.15, 0.2) is 84.0 Å². The van der Waals surface area contributed by atoms with E-state index in [0.29, 0.717) is 17.3 Å². The Kier molecular flexibility index (Phi) is 7.42. The highest BCUT2D eigenvalue weighted by Gasteiger charge is 2.44. The predicted molar refractivity (Wildman–Crippen MR) is 136 cm³/mol. The van der Waals surface area contributed by atoms with Gasteiger partial charge in [-0.25, -0.2) is 0 Å². The highest BCUT2D eigenvalue weighted by molar-refractivity contribution is 7.98. The largest absolute Gasteiger partial charge is 0.416 e. The Balaban J connectivity index is 1.59. The number of benzene rings is 3. The molecule has 182 valence electrons. The van der Waals surface area contributed by atoms with E-state index in [1.54, 1.807) is 16.8 Å². The van der Waals surface area contributed by atoms with Crippen LogP contribution in [-0.4, -0.2) is 41.7 Å². The Morgan fingerprint density at radius 2 is 1.71 bits per heavy atom. The van der Waals surface area contributed by atoms with Crippen molar-refractivity contribution in [2.24, 2.45) is 5.10 Å². The van der Waals surface area contributed by atoms with Gasteiger partial charge in [0.2, 0.25) is 5.91 Å². The Morgan fingerprint density at radius 3 is 2.31 bits per heavy atom. The van der Waals surface area contributed by atoms with E-state index in [-0.39, 0.29) is 12.5 Å². The van der Waals surface area contributed by atoms with E-state index in [0.717, 1.165) is 34.7 Å². The second-order valence-corrected chi connectivity index (χ2v) is 9.59. The molecule has 1 amide bonds. The number of thioether (sulfide) groups is 1. The molecule has 4 rings (SSSR count). The van der Waals surface area contributed by atoms with Gasteiger partial charge < -0.3 is 5.32 Å². The number of hydrogen-bond donors (Lipinski definition) is 1. The van der Waals surface area contributed by atoms with E-state index < -0.39 is 17.2 Å². The van der Waals surface area contributed by atoms with Gasteiger partial charge in [0.1, 0.15) is 6.54 Å². The van der Waals surface area contributed by atoms with Gasteiger partial charge in [-0.1, -0.05) is 54.1 Å². The second kappa shape index (κ2) is 10.3. The molecule has 9 heteroatoms. The maximum absolute atomic E-state index is 12.8. The molecule has 1 atom stereocenters. The number of rotatable bonds is 7. The molecule has 0 aliphatic carbocycles. The van der Waals surface area contributed by atoms with Gasteiger partial charge in [0.15, 0.2) is 0 Å². The van der Waals surface area contributed by atoms with E-state index in [1.165, 1.54) is 12.1 Å². The zero-order valence-electron chi connectivity index (χ0n) is 18.8. The molecule has 0 aromatic heterocycles. The lowest BCUT2D eigenvalue weighted by atomic mass is 9.76. The van der Waals surface area contributed by atoms with E-state index >= 15 is 0 Å². The van der Waals surface area contributed by atoms with Crippen molar-refractivity contribution in [2.45, 2.75) is 11.6 Å².